The highest BCUT2D eigenvalue weighted by Gasteiger charge is 2.71. The normalized spacial score (nSPS) is 36.6. The van der Waals surface area contributed by atoms with Gasteiger partial charge in [0.15, 0.2) is 5.78 Å². The standard InChI is InChI=1S/C44H61NO7/c1-25(2)34-29(46)23-44(36(48)37(49)45-27-13-11-26(3)12-14-27)22-21-42(9)28(35(34)44)15-16-31-41(8)19-18-32(52-33(47)24-39(4,5)38(50)51)40(6,7)30(41)17-20-43(31,42)10/h11-14,25,28,30-32H,15-24H2,1-10H3,(H,45,49)(H,50,51)/t28-,30+,31-,32+,41+,42-,43-,44-/m1/s1. The molecule has 52 heavy (non-hydrogen) atoms. The predicted molar refractivity (Wildman–Crippen MR) is 200 cm³/mol. The number of hydrogen-bond acceptors (Lipinski definition) is 6. The van der Waals surface area contributed by atoms with E-state index in [-0.39, 0.29) is 58.2 Å². The van der Waals surface area contributed by atoms with Crippen molar-refractivity contribution in [3.8, 4) is 0 Å². The van der Waals surface area contributed by atoms with Crippen molar-refractivity contribution in [3.63, 3.8) is 0 Å². The minimum atomic E-state index is -1.19. The van der Waals surface area contributed by atoms with E-state index < -0.39 is 34.5 Å². The smallest absolute Gasteiger partial charge is 0.309 e. The molecule has 1 aromatic carbocycles. The molecule has 0 radical (unpaired) electrons. The Morgan fingerprint density at radius 1 is 0.885 bits per heavy atom. The molecule has 0 saturated heterocycles. The number of benzene rings is 1. The number of nitrogens with one attached hydrogen (secondary N) is 1. The Morgan fingerprint density at radius 2 is 1.54 bits per heavy atom. The molecule has 5 aliphatic carbocycles. The molecule has 1 aromatic rings. The highest BCUT2D eigenvalue weighted by molar-refractivity contribution is 6.44. The summed E-state index contributed by atoms with van der Waals surface area (Å²) in [7, 11) is 0. The Labute approximate surface area is 310 Å². The molecule has 0 aromatic heterocycles. The van der Waals surface area contributed by atoms with E-state index >= 15 is 0 Å². The Hall–Kier alpha value is -3.29. The molecular weight excluding hydrogens is 654 g/mol. The number of carbonyl (C=O) groups excluding carboxylic acids is 4. The fourth-order valence-corrected chi connectivity index (χ4v) is 12.8. The minimum absolute atomic E-state index is 0.00719. The van der Waals surface area contributed by atoms with E-state index in [0.717, 1.165) is 61.7 Å². The Morgan fingerprint density at radius 3 is 2.15 bits per heavy atom. The number of esters is 1. The molecule has 2 N–H and O–H groups in total. The van der Waals surface area contributed by atoms with Crippen molar-refractivity contribution in [2.45, 2.75) is 140 Å². The van der Waals surface area contributed by atoms with Crippen LogP contribution < -0.4 is 5.32 Å². The second-order valence-corrected chi connectivity index (χ2v) is 19.6. The second kappa shape index (κ2) is 12.7. The monoisotopic (exact) mass is 715 g/mol. The Balaban J connectivity index is 1.30. The summed E-state index contributed by atoms with van der Waals surface area (Å²) in [4.78, 5) is 67.0. The van der Waals surface area contributed by atoms with Crippen molar-refractivity contribution >= 4 is 35.1 Å². The van der Waals surface area contributed by atoms with Crippen LogP contribution >= 0.6 is 0 Å². The maximum atomic E-state index is 14.5. The number of anilines is 1. The minimum Gasteiger partial charge on any atom is -0.481 e. The quantitative estimate of drug-likeness (QED) is 0.203. The Bertz CT molecular complexity index is 1720. The first-order valence-electron chi connectivity index (χ1n) is 19.7. The number of rotatable bonds is 8. The molecule has 1 amide bonds. The molecule has 0 heterocycles. The number of aryl methyl sites for hydroxylation is 1. The van der Waals surface area contributed by atoms with Crippen LogP contribution in [-0.4, -0.2) is 40.6 Å². The van der Waals surface area contributed by atoms with E-state index in [1.165, 1.54) is 0 Å². The average molecular weight is 716 g/mol. The number of aliphatic carboxylic acids is 1. The van der Waals surface area contributed by atoms with E-state index in [2.05, 4.69) is 53.8 Å². The van der Waals surface area contributed by atoms with Gasteiger partial charge in [0.25, 0.3) is 5.91 Å². The maximum absolute atomic E-state index is 14.5. The molecule has 0 aliphatic heterocycles. The first-order valence-corrected chi connectivity index (χ1v) is 19.7. The van der Waals surface area contributed by atoms with Gasteiger partial charge in [-0.25, -0.2) is 0 Å². The van der Waals surface area contributed by atoms with Crippen molar-refractivity contribution in [2.75, 3.05) is 5.32 Å². The van der Waals surface area contributed by atoms with E-state index in [1.54, 1.807) is 13.8 Å². The number of carboxylic acid groups (broad SMARTS) is 1. The lowest BCUT2D eigenvalue weighted by molar-refractivity contribution is -0.233. The number of ether oxygens (including phenoxy) is 1. The van der Waals surface area contributed by atoms with E-state index in [4.69, 9.17) is 4.74 Å². The van der Waals surface area contributed by atoms with Gasteiger partial charge in [-0.2, -0.15) is 0 Å². The van der Waals surface area contributed by atoms with Gasteiger partial charge in [-0.3, -0.25) is 24.0 Å². The number of hydrogen-bond donors (Lipinski definition) is 2. The molecule has 5 aliphatic rings. The van der Waals surface area contributed by atoms with Crippen LogP contribution in [0.5, 0.6) is 0 Å². The number of fused-ring (bicyclic) bond motifs is 7. The zero-order chi connectivity index (χ0) is 38.4. The zero-order valence-electron chi connectivity index (χ0n) is 33.2. The van der Waals surface area contributed by atoms with Crippen molar-refractivity contribution in [1.82, 2.24) is 0 Å². The van der Waals surface area contributed by atoms with Gasteiger partial charge in [-0.15, -0.1) is 0 Å². The number of ketones is 2. The highest BCUT2D eigenvalue weighted by Crippen LogP contribution is 2.76. The summed E-state index contributed by atoms with van der Waals surface area (Å²) in [6, 6.07) is 7.43. The van der Waals surface area contributed by atoms with Gasteiger partial charge in [-0.05, 0) is 135 Å². The van der Waals surface area contributed by atoms with E-state index in [0.29, 0.717) is 23.9 Å². The van der Waals surface area contributed by atoms with Gasteiger partial charge in [0.1, 0.15) is 6.10 Å². The van der Waals surface area contributed by atoms with Crippen LogP contribution in [0.2, 0.25) is 0 Å². The third-order valence-corrected chi connectivity index (χ3v) is 15.8. The highest BCUT2D eigenvalue weighted by atomic mass is 16.5. The van der Waals surface area contributed by atoms with E-state index in [1.807, 2.05) is 31.2 Å². The third-order valence-electron chi connectivity index (χ3n) is 15.8. The number of carboxylic acids is 1. The fourth-order valence-electron chi connectivity index (χ4n) is 12.8. The topological polar surface area (TPSA) is 127 Å². The Kier molecular flexibility index (Phi) is 9.35. The zero-order valence-corrected chi connectivity index (χ0v) is 33.2. The van der Waals surface area contributed by atoms with Crippen molar-refractivity contribution < 1.29 is 33.8 Å². The molecule has 8 atom stereocenters. The molecule has 0 unspecified atom stereocenters. The van der Waals surface area contributed by atoms with Crippen molar-refractivity contribution in [3.05, 3.63) is 41.0 Å². The summed E-state index contributed by atoms with van der Waals surface area (Å²) in [6.07, 6.45) is 6.38. The lowest BCUT2D eigenvalue weighted by Gasteiger charge is -2.72. The summed E-state index contributed by atoms with van der Waals surface area (Å²) >= 11 is 0. The van der Waals surface area contributed by atoms with Crippen LogP contribution in [0, 0.1) is 63.1 Å². The molecule has 4 fully saturated rings. The SMILES string of the molecule is Cc1ccc(NC(=O)C(=O)[C@@]23CC[C@]4(C)[C@H](CC[C@@H]5[C@@]6(C)CC[C@H](OC(=O)CC(C)(C)C(=O)O)C(C)(C)[C@@H]6CC[C@]54C)C2=C(C(C)C)C(=O)C3)cc1. The van der Waals surface area contributed by atoms with Gasteiger partial charge >= 0.3 is 11.9 Å². The number of Topliss-reactive ketones (excluding diaryl/α,β-unsaturated/α-hetero) is 2. The van der Waals surface area contributed by atoms with Crippen LogP contribution in [0.4, 0.5) is 5.69 Å². The first kappa shape index (κ1) is 38.4. The molecule has 6 rings (SSSR count). The van der Waals surface area contributed by atoms with Gasteiger partial charge in [0.05, 0.1) is 17.3 Å². The summed E-state index contributed by atoms with van der Waals surface area (Å²) < 4.78 is 6.14. The van der Waals surface area contributed by atoms with Crippen molar-refractivity contribution in [1.29, 1.82) is 0 Å². The lowest BCUT2D eigenvalue weighted by atomic mass is 9.33. The van der Waals surface area contributed by atoms with E-state index in [9.17, 15) is 29.1 Å². The summed E-state index contributed by atoms with van der Waals surface area (Å²) in [6.45, 7) is 21.0. The lowest BCUT2D eigenvalue weighted by Crippen LogP contribution is -2.66. The van der Waals surface area contributed by atoms with Gasteiger partial charge in [0, 0.05) is 17.5 Å². The summed E-state index contributed by atoms with van der Waals surface area (Å²) in [5, 5.41) is 12.5. The summed E-state index contributed by atoms with van der Waals surface area (Å²) in [5.41, 5.74) is 0.573. The number of carbonyl (C=O) groups is 5. The van der Waals surface area contributed by atoms with Crippen molar-refractivity contribution in [2.24, 2.45) is 56.2 Å². The molecule has 0 bridgehead atoms. The number of allylic oxidation sites excluding steroid dienone is 2. The molecular formula is C44H61NO7. The second-order valence-electron chi connectivity index (χ2n) is 19.6. The van der Waals surface area contributed by atoms with Crippen LogP contribution in [0.25, 0.3) is 0 Å². The maximum Gasteiger partial charge on any atom is 0.309 e. The molecule has 8 nitrogen and oxygen atoms in total. The molecule has 284 valence electrons. The fraction of sp³-hybridized carbons (Fsp3) is 0.705. The van der Waals surface area contributed by atoms with Gasteiger partial charge in [-0.1, -0.05) is 66.2 Å². The first-order chi connectivity index (χ1) is 24.0. The van der Waals surface area contributed by atoms with Crippen LogP contribution in [0.3, 0.4) is 0 Å². The molecule has 0 spiro atoms. The molecule has 8 heteroatoms. The average Bonchev–Trinajstić information content (AvgIpc) is 3.36. The number of amides is 1. The largest absolute Gasteiger partial charge is 0.481 e. The summed E-state index contributed by atoms with van der Waals surface area (Å²) in [5.74, 6) is -1.85. The predicted octanol–water partition coefficient (Wildman–Crippen LogP) is 8.90. The van der Waals surface area contributed by atoms with Gasteiger partial charge < -0.3 is 15.2 Å². The molecule has 4 saturated carbocycles. The van der Waals surface area contributed by atoms with Crippen LogP contribution in [0.1, 0.15) is 132 Å². The van der Waals surface area contributed by atoms with Gasteiger partial charge in [0.2, 0.25) is 5.78 Å². The third kappa shape index (κ3) is 5.63. The van der Waals surface area contributed by atoms with Crippen LogP contribution in [-0.2, 0) is 28.7 Å². The van der Waals surface area contributed by atoms with Crippen LogP contribution in [0.15, 0.2) is 35.4 Å².